The third-order valence-electron chi connectivity index (χ3n) is 3.74. The minimum Gasteiger partial charge on any atom is -0.356 e. The van der Waals surface area contributed by atoms with Crippen LogP contribution in [0.1, 0.15) is 29.2 Å². The Labute approximate surface area is 124 Å². The molecule has 0 aliphatic rings. The summed E-state index contributed by atoms with van der Waals surface area (Å²) in [5.74, 6) is 0.925. The highest BCUT2D eigenvalue weighted by atomic mass is 16.1. The first-order valence-corrected chi connectivity index (χ1v) is 7.07. The van der Waals surface area contributed by atoms with Crippen molar-refractivity contribution in [1.82, 2.24) is 29.9 Å². The van der Waals surface area contributed by atoms with E-state index in [0.29, 0.717) is 19.4 Å². The first kappa shape index (κ1) is 15.2. The maximum absolute atomic E-state index is 11.9. The number of carbonyl (C=O) groups excluding carboxylic acids is 1. The number of amides is 1. The van der Waals surface area contributed by atoms with E-state index in [2.05, 4.69) is 20.5 Å². The minimum atomic E-state index is 0.0554. The van der Waals surface area contributed by atoms with Crippen molar-refractivity contribution >= 4 is 5.91 Å². The van der Waals surface area contributed by atoms with E-state index in [1.165, 1.54) is 11.9 Å². The van der Waals surface area contributed by atoms with E-state index in [1.807, 2.05) is 32.6 Å². The number of nitrogens with one attached hydrogen (secondary N) is 1. The highest BCUT2D eigenvalue weighted by molar-refractivity contribution is 5.76. The maximum Gasteiger partial charge on any atom is 0.220 e. The van der Waals surface area contributed by atoms with Crippen LogP contribution in [0.25, 0.3) is 0 Å². The van der Waals surface area contributed by atoms with Crippen LogP contribution in [0.4, 0.5) is 0 Å². The molecule has 0 unspecified atom stereocenters. The van der Waals surface area contributed by atoms with Gasteiger partial charge in [-0.3, -0.25) is 14.2 Å². The van der Waals surface area contributed by atoms with Crippen LogP contribution in [0.5, 0.6) is 0 Å². The van der Waals surface area contributed by atoms with Crippen LogP contribution in [-0.2, 0) is 31.7 Å². The Kier molecular flexibility index (Phi) is 4.72. The van der Waals surface area contributed by atoms with E-state index in [0.717, 1.165) is 23.6 Å². The summed E-state index contributed by atoms with van der Waals surface area (Å²) < 4.78 is 3.57. The second-order valence-electron chi connectivity index (χ2n) is 5.17. The maximum atomic E-state index is 11.9. The molecule has 7 nitrogen and oxygen atoms in total. The number of aromatic nitrogens is 5. The molecule has 2 aromatic heterocycles. The third-order valence-corrected chi connectivity index (χ3v) is 3.74. The highest BCUT2D eigenvalue weighted by Crippen LogP contribution is 2.13. The zero-order valence-electron chi connectivity index (χ0n) is 13.1. The molecule has 0 radical (unpaired) electrons. The molecule has 0 saturated heterocycles. The van der Waals surface area contributed by atoms with Crippen molar-refractivity contribution in [3.05, 3.63) is 29.1 Å². The van der Waals surface area contributed by atoms with Crippen LogP contribution in [-0.4, -0.2) is 37.0 Å². The monoisotopic (exact) mass is 290 g/mol. The van der Waals surface area contributed by atoms with Crippen molar-refractivity contribution in [2.75, 3.05) is 6.54 Å². The van der Waals surface area contributed by atoms with E-state index >= 15 is 0 Å². The molecule has 21 heavy (non-hydrogen) atoms. The minimum absolute atomic E-state index is 0.0554. The second-order valence-corrected chi connectivity index (χ2v) is 5.17. The average Bonchev–Trinajstić information content (AvgIpc) is 2.93. The van der Waals surface area contributed by atoms with Crippen LogP contribution in [0.3, 0.4) is 0 Å². The van der Waals surface area contributed by atoms with Crippen molar-refractivity contribution in [3.63, 3.8) is 0 Å². The third kappa shape index (κ3) is 3.68. The first-order valence-electron chi connectivity index (χ1n) is 7.07. The Hall–Kier alpha value is -2.18. The Morgan fingerprint density at radius 3 is 2.57 bits per heavy atom. The van der Waals surface area contributed by atoms with Gasteiger partial charge < -0.3 is 5.32 Å². The lowest BCUT2D eigenvalue weighted by Gasteiger charge is -2.05. The smallest absolute Gasteiger partial charge is 0.220 e. The van der Waals surface area contributed by atoms with E-state index in [1.54, 1.807) is 4.68 Å². The van der Waals surface area contributed by atoms with Crippen molar-refractivity contribution in [2.45, 2.75) is 33.1 Å². The Morgan fingerprint density at radius 2 is 2.00 bits per heavy atom. The summed E-state index contributed by atoms with van der Waals surface area (Å²) in [6.07, 6.45) is 3.41. The molecule has 114 valence electrons. The quantitative estimate of drug-likeness (QED) is 0.838. The number of rotatable bonds is 6. The van der Waals surface area contributed by atoms with Crippen LogP contribution in [0.15, 0.2) is 6.33 Å². The second kappa shape index (κ2) is 6.51. The summed E-state index contributed by atoms with van der Waals surface area (Å²) in [5, 5.41) is 11.3. The van der Waals surface area contributed by atoms with Gasteiger partial charge in [0, 0.05) is 39.2 Å². The largest absolute Gasteiger partial charge is 0.356 e. The molecule has 0 aliphatic carbocycles. The zero-order valence-corrected chi connectivity index (χ0v) is 13.1. The summed E-state index contributed by atoms with van der Waals surface area (Å²) in [5.41, 5.74) is 3.29. The standard InChI is InChI=1S/C14H22N6O/c1-10-12(11(2)19(3)18-10)5-6-14(21)15-8-7-13-16-9-17-20(13)4/h9H,5-8H2,1-4H3,(H,15,21). The van der Waals surface area contributed by atoms with Crippen molar-refractivity contribution < 1.29 is 4.79 Å². The molecular weight excluding hydrogens is 268 g/mol. The summed E-state index contributed by atoms with van der Waals surface area (Å²) in [6, 6.07) is 0. The average molecular weight is 290 g/mol. The van der Waals surface area contributed by atoms with E-state index < -0.39 is 0 Å². The van der Waals surface area contributed by atoms with E-state index in [-0.39, 0.29) is 5.91 Å². The lowest BCUT2D eigenvalue weighted by Crippen LogP contribution is -2.26. The van der Waals surface area contributed by atoms with Gasteiger partial charge in [0.1, 0.15) is 12.2 Å². The lowest BCUT2D eigenvalue weighted by atomic mass is 10.1. The van der Waals surface area contributed by atoms with Crippen molar-refractivity contribution in [1.29, 1.82) is 0 Å². The Balaban J connectivity index is 1.76. The molecule has 0 spiro atoms. The van der Waals surface area contributed by atoms with Gasteiger partial charge in [0.05, 0.1) is 5.69 Å². The molecule has 0 atom stereocenters. The zero-order chi connectivity index (χ0) is 15.4. The SMILES string of the molecule is Cc1nn(C)c(C)c1CCC(=O)NCCc1ncnn1C. The van der Waals surface area contributed by atoms with Crippen molar-refractivity contribution in [2.24, 2.45) is 14.1 Å². The Bertz CT molecular complexity index is 627. The fraction of sp³-hybridized carbons (Fsp3) is 0.571. The predicted molar refractivity (Wildman–Crippen MR) is 78.7 cm³/mol. The predicted octanol–water partition coefficient (Wildman–Crippen LogP) is 0.457. The van der Waals surface area contributed by atoms with Gasteiger partial charge in [0.25, 0.3) is 0 Å². The van der Waals surface area contributed by atoms with Gasteiger partial charge in [0.15, 0.2) is 0 Å². The number of hydrogen-bond acceptors (Lipinski definition) is 4. The molecule has 0 bridgehead atoms. The van der Waals surface area contributed by atoms with E-state index in [9.17, 15) is 4.79 Å². The van der Waals surface area contributed by atoms with Gasteiger partial charge in [-0.1, -0.05) is 0 Å². The van der Waals surface area contributed by atoms with Gasteiger partial charge in [0.2, 0.25) is 5.91 Å². The number of aryl methyl sites for hydroxylation is 3. The molecule has 1 N–H and O–H groups in total. The molecule has 0 fully saturated rings. The molecular formula is C14H22N6O. The van der Waals surface area contributed by atoms with Gasteiger partial charge in [-0.15, -0.1) is 0 Å². The van der Waals surface area contributed by atoms with Gasteiger partial charge in [-0.05, 0) is 25.8 Å². The summed E-state index contributed by atoms with van der Waals surface area (Å²) in [7, 11) is 3.77. The highest BCUT2D eigenvalue weighted by Gasteiger charge is 2.11. The van der Waals surface area contributed by atoms with Crippen LogP contribution < -0.4 is 5.32 Å². The van der Waals surface area contributed by atoms with Gasteiger partial charge in [-0.25, -0.2) is 4.98 Å². The number of hydrogen-bond donors (Lipinski definition) is 1. The molecule has 2 rings (SSSR count). The summed E-state index contributed by atoms with van der Waals surface area (Å²) in [4.78, 5) is 16.0. The van der Waals surface area contributed by atoms with Gasteiger partial charge in [-0.2, -0.15) is 10.2 Å². The van der Waals surface area contributed by atoms with Gasteiger partial charge >= 0.3 is 0 Å². The first-order chi connectivity index (χ1) is 9.99. The molecule has 7 heteroatoms. The normalized spacial score (nSPS) is 10.9. The van der Waals surface area contributed by atoms with Crippen LogP contribution in [0, 0.1) is 13.8 Å². The van der Waals surface area contributed by atoms with Crippen molar-refractivity contribution in [3.8, 4) is 0 Å². The number of carbonyl (C=O) groups is 1. The number of nitrogens with zero attached hydrogens (tertiary/aromatic N) is 5. The van der Waals surface area contributed by atoms with Crippen LogP contribution >= 0.6 is 0 Å². The lowest BCUT2D eigenvalue weighted by molar-refractivity contribution is -0.121. The topological polar surface area (TPSA) is 77.6 Å². The van der Waals surface area contributed by atoms with E-state index in [4.69, 9.17) is 0 Å². The molecule has 1 amide bonds. The molecule has 2 heterocycles. The summed E-state index contributed by atoms with van der Waals surface area (Å²) >= 11 is 0. The fourth-order valence-electron chi connectivity index (χ4n) is 2.37. The summed E-state index contributed by atoms with van der Waals surface area (Å²) in [6.45, 7) is 4.59. The van der Waals surface area contributed by atoms with Crippen LogP contribution in [0.2, 0.25) is 0 Å². The Morgan fingerprint density at radius 1 is 1.24 bits per heavy atom. The molecule has 0 aliphatic heterocycles. The molecule has 2 aromatic rings. The molecule has 0 saturated carbocycles. The fourth-order valence-corrected chi connectivity index (χ4v) is 2.37. The molecule has 0 aromatic carbocycles.